The summed E-state index contributed by atoms with van der Waals surface area (Å²) in [5, 5.41) is 3.85. The first-order valence-corrected chi connectivity index (χ1v) is 7.17. The summed E-state index contributed by atoms with van der Waals surface area (Å²) < 4.78 is 5.18. The number of fused-ring (bicyclic) bond motifs is 1. The van der Waals surface area contributed by atoms with Gasteiger partial charge in [0.1, 0.15) is 5.75 Å². The van der Waals surface area contributed by atoms with Gasteiger partial charge in [-0.3, -0.25) is 9.78 Å². The van der Waals surface area contributed by atoms with E-state index in [1.54, 1.807) is 19.4 Å². The summed E-state index contributed by atoms with van der Waals surface area (Å²) in [5.74, 6) is 0.416. The second kappa shape index (κ2) is 6.32. The van der Waals surface area contributed by atoms with Gasteiger partial charge in [-0.05, 0) is 29.8 Å². The maximum atomic E-state index is 12.5. The van der Waals surface area contributed by atoms with Crippen LogP contribution in [0, 0.1) is 0 Å². The van der Waals surface area contributed by atoms with Crippen LogP contribution in [0.4, 0.5) is 5.69 Å². The Morgan fingerprint density at radius 1 is 1.13 bits per heavy atom. The lowest BCUT2D eigenvalue weighted by molar-refractivity contribution is -0.111. The molecule has 0 aliphatic rings. The molecule has 3 rings (SSSR count). The molecule has 0 saturated heterocycles. The van der Waals surface area contributed by atoms with E-state index in [2.05, 4.69) is 16.9 Å². The summed E-state index contributed by atoms with van der Waals surface area (Å²) in [6.45, 7) is 3.89. The van der Waals surface area contributed by atoms with Crippen molar-refractivity contribution < 1.29 is 9.53 Å². The smallest absolute Gasteiger partial charge is 0.255 e. The topological polar surface area (TPSA) is 51.2 Å². The summed E-state index contributed by atoms with van der Waals surface area (Å²) in [6.07, 6.45) is 1.70. The molecule has 0 spiro atoms. The van der Waals surface area contributed by atoms with Crippen LogP contribution in [0.5, 0.6) is 5.75 Å². The van der Waals surface area contributed by atoms with E-state index in [4.69, 9.17) is 4.74 Å². The van der Waals surface area contributed by atoms with Crippen LogP contribution in [0.15, 0.2) is 67.4 Å². The Hall–Kier alpha value is -3.14. The van der Waals surface area contributed by atoms with Crippen molar-refractivity contribution in [3.63, 3.8) is 0 Å². The van der Waals surface area contributed by atoms with Crippen LogP contribution in [0.2, 0.25) is 0 Å². The van der Waals surface area contributed by atoms with Gasteiger partial charge in [0.05, 0.1) is 18.3 Å². The molecule has 0 aliphatic heterocycles. The van der Waals surface area contributed by atoms with E-state index >= 15 is 0 Å². The number of carbonyl (C=O) groups is 1. The van der Waals surface area contributed by atoms with Gasteiger partial charge in [0.25, 0.3) is 5.91 Å². The highest BCUT2D eigenvalue weighted by molar-refractivity contribution is 6.25. The van der Waals surface area contributed by atoms with E-state index in [0.29, 0.717) is 17.0 Å². The minimum Gasteiger partial charge on any atom is -0.497 e. The Bertz CT molecular complexity index is 882. The zero-order valence-electron chi connectivity index (χ0n) is 12.7. The van der Waals surface area contributed by atoms with Gasteiger partial charge in [-0.1, -0.05) is 36.9 Å². The van der Waals surface area contributed by atoms with Crippen molar-refractivity contribution >= 4 is 28.1 Å². The zero-order chi connectivity index (χ0) is 16.2. The monoisotopic (exact) mass is 304 g/mol. The molecule has 0 fully saturated rings. The van der Waals surface area contributed by atoms with Crippen molar-refractivity contribution in [3.8, 4) is 5.75 Å². The highest BCUT2D eigenvalue weighted by Crippen LogP contribution is 2.24. The molecule has 114 valence electrons. The van der Waals surface area contributed by atoms with Crippen molar-refractivity contribution in [2.24, 2.45) is 0 Å². The number of nitrogens with zero attached hydrogens (tertiary/aromatic N) is 1. The number of hydrogen-bond donors (Lipinski definition) is 1. The van der Waals surface area contributed by atoms with E-state index in [9.17, 15) is 4.79 Å². The molecule has 0 atom stereocenters. The van der Waals surface area contributed by atoms with Gasteiger partial charge in [-0.15, -0.1) is 0 Å². The number of aromatic nitrogens is 1. The Balaban J connectivity index is 1.87. The third kappa shape index (κ3) is 3.06. The van der Waals surface area contributed by atoms with E-state index in [0.717, 1.165) is 16.5 Å². The van der Waals surface area contributed by atoms with Crippen LogP contribution in [0.3, 0.4) is 0 Å². The fraction of sp³-hybridized carbons (Fsp3) is 0.0526. The van der Waals surface area contributed by atoms with Gasteiger partial charge in [0, 0.05) is 17.2 Å². The zero-order valence-corrected chi connectivity index (χ0v) is 12.7. The van der Waals surface area contributed by atoms with E-state index in [1.807, 2.05) is 48.5 Å². The maximum absolute atomic E-state index is 12.5. The van der Waals surface area contributed by atoms with Gasteiger partial charge < -0.3 is 10.1 Å². The normalized spacial score (nSPS) is 10.3. The van der Waals surface area contributed by atoms with E-state index in [1.165, 1.54) is 0 Å². The van der Waals surface area contributed by atoms with Crippen LogP contribution in [-0.4, -0.2) is 18.0 Å². The lowest BCUT2D eigenvalue weighted by Gasteiger charge is -2.10. The molecule has 0 unspecified atom stereocenters. The molecule has 1 heterocycles. The Kier molecular flexibility index (Phi) is 4.06. The van der Waals surface area contributed by atoms with Gasteiger partial charge in [0.2, 0.25) is 0 Å². The van der Waals surface area contributed by atoms with E-state index in [-0.39, 0.29) is 5.91 Å². The number of rotatable bonds is 4. The number of hydrogen-bond acceptors (Lipinski definition) is 3. The predicted octanol–water partition coefficient (Wildman–Crippen LogP) is 3.90. The number of nitrogens with one attached hydrogen (secondary N) is 1. The first-order chi connectivity index (χ1) is 11.2. The highest BCUT2D eigenvalue weighted by atomic mass is 16.5. The van der Waals surface area contributed by atoms with Gasteiger partial charge in [-0.2, -0.15) is 0 Å². The van der Waals surface area contributed by atoms with Crippen molar-refractivity contribution in [1.82, 2.24) is 4.98 Å². The van der Waals surface area contributed by atoms with Crippen LogP contribution < -0.4 is 10.1 Å². The minimum atomic E-state index is -0.267. The molecule has 0 radical (unpaired) electrons. The fourth-order valence-corrected chi connectivity index (χ4v) is 2.34. The molecule has 0 aliphatic carbocycles. The highest BCUT2D eigenvalue weighted by Gasteiger charge is 2.12. The molecule has 0 saturated carbocycles. The number of anilines is 1. The lowest BCUT2D eigenvalue weighted by Crippen LogP contribution is -2.13. The molecule has 4 nitrogen and oxygen atoms in total. The summed E-state index contributed by atoms with van der Waals surface area (Å²) in [7, 11) is 1.59. The van der Waals surface area contributed by atoms with Crippen LogP contribution in [0.25, 0.3) is 16.5 Å². The van der Waals surface area contributed by atoms with Gasteiger partial charge in [-0.25, -0.2) is 0 Å². The molecule has 1 aromatic heterocycles. The summed E-state index contributed by atoms with van der Waals surface area (Å²) in [6, 6.07) is 16.7. The van der Waals surface area contributed by atoms with Crippen LogP contribution in [0.1, 0.15) is 5.56 Å². The van der Waals surface area contributed by atoms with Gasteiger partial charge >= 0.3 is 0 Å². The molecule has 1 amide bonds. The molecule has 2 aromatic carbocycles. The number of para-hydroxylation sites is 1. The van der Waals surface area contributed by atoms with Crippen LogP contribution in [-0.2, 0) is 4.79 Å². The van der Waals surface area contributed by atoms with Crippen molar-refractivity contribution in [1.29, 1.82) is 0 Å². The average molecular weight is 304 g/mol. The maximum Gasteiger partial charge on any atom is 0.255 e. The summed E-state index contributed by atoms with van der Waals surface area (Å²) >= 11 is 0. The predicted molar refractivity (Wildman–Crippen MR) is 92.4 cm³/mol. The number of carbonyl (C=O) groups excluding carboxylic acids is 1. The third-order valence-corrected chi connectivity index (χ3v) is 3.57. The van der Waals surface area contributed by atoms with Crippen molar-refractivity contribution in [2.45, 2.75) is 0 Å². The number of pyridine rings is 1. The largest absolute Gasteiger partial charge is 0.497 e. The van der Waals surface area contributed by atoms with Gasteiger partial charge in [0.15, 0.2) is 0 Å². The standard InChI is InChI=1S/C19H16N2O2/c1-13(15-7-3-9-16(12-15)23-2)19(22)21-17-10-4-6-14-8-5-11-20-18(14)17/h3-12H,1H2,2H3,(H,21,22). The minimum absolute atomic E-state index is 0.267. The molecule has 1 N–H and O–H groups in total. The number of benzene rings is 2. The molecular weight excluding hydrogens is 288 g/mol. The molecule has 23 heavy (non-hydrogen) atoms. The fourth-order valence-electron chi connectivity index (χ4n) is 2.34. The van der Waals surface area contributed by atoms with E-state index < -0.39 is 0 Å². The Morgan fingerprint density at radius 3 is 2.74 bits per heavy atom. The molecule has 3 aromatic rings. The third-order valence-electron chi connectivity index (χ3n) is 3.57. The molecule has 0 bridgehead atoms. The van der Waals surface area contributed by atoms with Crippen LogP contribution >= 0.6 is 0 Å². The van der Waals surface area contributed by atoms with Crippen molar-refractivity contribution in [3.05, 3.63) is 72.9 Å². The molecule has 4 heteroatoms. The number of amides is 1. The number of methoxy groups -OCH3 is 1. The Morgan fingerprint density at radius 2 is 1.91 bits per heavy atom. The quantitative estimate of drug-likeness (QED) is 0.744. The first kappa shape index (κ1) is 14.8. The number of ether oxygens (including phenoxy) is 1. The lowest BCUT2D eigenvalue weighted by atomic mass is 10.1. The van der Waals surface area contributed by atoms with Crippen molar-refractivity contribution in [2.75, 3.05) is 12.4 Å². The Labute approximate surface area is 134 Å². The average Bonchev–Trinajstić information content (AvgIpc) is 2.61. The second-order valence-corrected chi connectivity index (χ2v) is 5.05. The first-order valence-electron chi connectivity index (χ1n) is 7.17. The second-order valence-electron chi connectivity index (χ2n) is 5.05. The SMILES string of the molecule is C=C(C(=O)Nc1cccc2cccnc12)c1cccc(OC)c1. The molecular formula is C19H16N2O2. The summed E-state index contributed by atoms with van der Waals surface area (Å²) in [4.78, 5) is 16.8. The summed E-state index contributed by atoms with van der Waals surface area (Å²) in [5.41, 5.74) is 2.51.